The van der Waals surface area contributed by atoms with Crippen molar-refractivity contribution in [2.45, 2.75) is 20.4 Å². The molecule has 86 valence electrons. The Balaban J connectivity index is 2.10. The van der Waals surface area contributed by atoms with Crippen LogP contribution in [0.3, 0.4) is 0 Å². The first-order chi connectivity index (χ1) is 7.58. The summed E-state index contributed by atoms with van der Waals surface area (Å²) in [7, 11) is 1.83. The number of aromatic nitrogens is 4. The van der Waals surface area contributed by atoms with Gasteiger partial charge in [0.1, 0.15) is 5.82 Å². The fraction of sp³-hybridized carbons (Fsp3) is 0.444. The molecule has 0 amide bonds. The maximum absolute atomic E-state index is 5.86. The van der Waals surface area contributed by atoms with E-state index in [0.29, 0.717) is 23.9 Å². The van der Waals surface area contributed by atoms with Gasteiger partial charge in [-0.3, -0.25) is 4.68 Å². The highest BCUT2D eigenvalue weighted by Gasteiger charge is 2.10. The zero-order valence-corrected chi connectivity index (χ0v) is 9.48. The first kappa shape index (κ1) is 10.5. The van der Waals surface area contributed by atoms with Crippen molar-refractivity contribution in [1.29, 1.82) is 0 Å². The maximum atomic E-state index is 5.86. The Bertz CT molecular complexity index is 500. The molecule has 16 heavy (non-hydrogen) atoms. The molecule has 0 bridgehead atoms. The summed E-state index contributed by atoms with van der Waals surface area (Å²) in [6.07, 6.45) is 0. The Morgan fingerprint density at radius 2 is 2.19 bits per heavy atom. The predicted octanol–water partition coefficient (Wildman–Crippen LogP) is 0.614. The molecule has 0 aliphatic heterocycles. The molecule has 0 aliphatic rings. The lowest BCUT2D eigenvalue weighted by atomic mass is 10.4. The van der Waals surface area contributed by atoms with Crippen LogP contribution in [0.1, 0.15) is 17.4 Å². The minimum Gasteiger partial charge on any atom is -0.394 e. The number of nitrogens with two attached hydrogens (primary N) is 1. The third kappa shape index (κ3) is 1.83. The molecule has 7 nitrogen and oxygen atoms in total. The van der Waals surface area contributed by atoms with Crippen molar-refractivity contribution < 1.29 is 4.52 Å². The van der Waals surface area contributed by atoms with E-state index in [0.717, 1.165) is 11.5 Å². The molecule has 0 spiro atoms. The number of hydrogen-bond acceptors (Lipinski definition) is 6. The Morgan fingerprint density at radius 1 is 1.44 bits per heavy atom. The molecule has 0 radical (unpaired) electrons. The summed E-state index contributed by atoms with van der Waals surface area (Å²) < 4.78 is 6.56. The molecule has 0 fully saturated rings. The second-order valence-corrected chi connectivity index (χ2v) is 3.55. The number of nitrogens with one attached hydrogen (secondary N) is 1. The number of aryl methyl sites for hydroxylation is 3. The van der Waals surface area contributed by atoms with Crippen LogP contribution in [0.15, 0.2) is 4.52 Å². The summed E-state index contributed by atoms with van der Waals surface area (Å²) in [5.74, 6) is 1.90. The zero-order chi connectivity index (χ0) is 11.7. The second-order valence-electron chi connectivity index (χ2n) is 3.55. The zero-order valence-electron chi connectivity index (χ0n) is 9.48. The average molecular weight is 222 g/mol. The van der Waals surface area contributed by atoms with Crippen LogP contribution in [0, 0.1) is 13.8 Å². The summed E-state index contributed by atoms with van der Waals surface area (Å²) in [4.78, 5) is 4.08. The van der Waals surface area contributed by atoms with Crippen LogP contribution in [0.2, 0.25) is 0 Å². The fourth-order valence-electron chi connectivity index (χ4n) is 1.46. The highest BCUT2D eigenvalue weighted by atomic mass is 16.5. The van der Waals surface area contributed by atoms with Gasteiger partial charge in [-0.2, -0.15) is 10.1 Å². The van der Waals surface area contributed by atoms with Crippen molar-refractivity contribution in [3.63, 3.8) is 0 Å². The smallest absolute Gasteiger partial charge is 0.223 e. The summed E-state index contributed by atoms with van der Waals surface area (Å²) in [5, 5.41) is 11.1. The molecule has 0 unspecified atom stereocenters. The summed E-state index contributed by atoms with van der Waals surface area (Å²) in [6.45, 7) is 4.07. The SMILES string of the molecule is Cc1nc(CNc2c(N)c(C)nn2C)no1. The van der Waals surface area contributed by atoms with E-state index >= 15 is 0 Å². The Hall–Kier alpha value is -2.05. The van der Waals surface area contributed by atoms with Gasteiger partial charge < -0.3 is 15.6 Å². The van der Waals surface area contributed by atoms with Gasteiger partial charge in [0.25, 0.3) is 0 Å². The molecular weight excluding hydrogens is 208 g/mol. The first-order valence-electron chi connectivity index (χ1n) is 4.90. The highest BCUT2D eigenvalue weighted by molar-refractivity contribution is 5.64. The van der Waals surface area contributed by atoms with E-state index in [9.17, 15) is 0 Å². The molecule has 2 rings (SSSR count). The van der Waals surface area contributed by atoms with E-state index in [1.165, 1.54) is 0 Å². The van der Waals surface area contributed by atoms with E-state index in [1.807, 2.05) is 14.0 Å². The van der Waals surface area contributed by atoms with Gasteiger partial charge in [0, 0.05) is 14.0 Å². The van der Waals surface area contributed by atoms with Crippen molar-refractivity contribution in [1.82, 2.24) is 19.9 Å². The van der Waals surface area contributed by atoms with Gasteiger partial charge >= 0.3 is 0 Å². The van der Waals surface area contributed by atoms with Gasteiger partial charge in [-0.25, -0.2) is 0 Å². The van der Waals surface area contributed by atoms with Crippen molar-refractivity contribution >= 4 is 11.5 Å². The molecule has 0 saturated heterocycles. The van der Waals surface area contributed by atoms with E-state index in [1.54, 1.807) is 11.6 Å². The molecule has 0 aliphatic carbocycles. The number of nitrogen functional groups attached to an aromatic ring is 1. The monoisotopic (exact) mass is 222 g/mol. The van der Waals surface area contributed by atoms with Gasteiger partial charge in [0.05, 0.1) is 17.9 Å². The van der Waals surface area contributed by atoms with E-state index in [-0.39, 0.29) is 0 Å². The first-order valence-corrected chi connectivity index (χ1v) is 4.90. The number of nitrogens with zero attached hydrogens (tertiary/aromatic N) is 4. The third-order valence-corrected chi connectivity index (χ3v) is 2.25. The Morgan fingerprint density at radius 3 is 2.69 bits per heavy atom. The maximum Gasteiger partial charge on any atom is 0.223 e. The highest BCUT2D eigenvalue weighted by Crippen LogP contribution is 2.21. The van der Waals surface area contributed by atoms with Crippen LogP contribution in [-0.4, -0.2) is 19.9 Å². The van der Waals surface area contributed by atoms with Crippen LogP contribution >= 0.6 is 0 Å². The predicted molar refractivity (Wildman–Crippen MR) is 58.7 cm³/mol. The minimum atomic E-state index is 0.459. The topological polar surface area (TPSA) is 94.8 Å². The van der Waals surface area contributed by atoms with Gasteiger partial charge in [0.15, 0.2) is 5.82 Å². The fourth-order valence-corrected chi connectivity index (χ4v) is 1.46. The van der Waals surface area contributed by atoms with Gasteiger partial charge in [-0.05, 0) is 6.92 Å². The van der Waals surface area contributed by atoms with Crippen molar-refractivity contribution in [2.75, 3.05) is 11.1 Å². The van der Waals surface area contributed by atoms with Gasteiger partial charge in [0.2, 0.25) is 5.89 Å². The van der Waals surface area contributed by atoms with Gasteiger partial charge in [-0.1, -0.05) is 5.16 Å². The van der Waals surface area contributed by atoms with Crippen LogP contribution in [0.4, 0.5) is 11.5 Å². The lowest BCUT2D eigenvalue weighted by Gasteiger charge is -2.04. The molecule has 0 atom stereocenters. The number of rotatable bonds is 3. The van der Waals surface area contributed by atoms with Crippen LogP contribution in [-0.2, 0) is 13.6 Å². The normalized spacial score (nSPS) is 10.7. The molecule has 2 heterocycles. The second kappa shape index (κ2) is 3.84. The quantitative estimate of drug-likeness (QED) is 0.790. The molecule has 3 N–H and O–H groups in total. The molecule has 0 saturated carbocycles. The van der Waals surface area contributed by atoms with Crippen LogP contribution in [0.5, 0.6) is 0 Å². The standard InChI is InChI=1S/C9H14N6O/c1-5-8(10)9(15(3)13-5)11-4-7-12-6(2)16-14-7/h11H,4,10H2,1-3H3. The van der Waals surface area contributed by atoms with Crippen molar-refractivity contribution in [3.8, 4) is 0 Å². The molecule has 7 heteroatoms. The van der Waals surface area contributed by atoms with E-state index < -0.39 is 0 Å². The molecular formula is C9H14N6O. The third-order valence-electron chi connectivity index (χ3n) is 2.25. The van der Waals surface area contributed by atoms with Crippen LogP contribution < -0.4 is 11.1 Å². The van der Waals surface area contributed by atoms with Crippen molar-refractivity contribution in [3.05, 3.63) is 17.4 Å². The van der Waals surface area contributed by atoms with Crippen molar-refractivity contribution in [2.24, 2.45) is 7.05 Å². The van der Waals surface area contributed by atoms with E-state index in [4.69, 9.17) is 10.3 Å². The summed E-state index contributed by atoms with van der Waals surface area (Å²) in [6, 6.07) is 0. The number of anilines is 2. The number of hydrogen-bond donors (Lipinski definition) is 2. The lowest BCUT2D eigenvalue weighted by molar-refractivity contribution is 0.388. The largest absolute Gasteiger partial charge is 0.394 e. The molecule has 2 aromatic rings. The lowest BCUT2D eigenvalue weighted by Crippen LogP contribution is -2.07. The minimum absolute atomic E-state index is 0.459. The van der Waals surface area contributed by atoms with Crippen LogP contribution in [0.25, 0.3) is 0 Å². The summed E-state index contributed by atoms with van der Waals surface area (Å²) >= 11 is 0. The van der Waals surface area contributed by atoms with E-state index in [2.05, 4.69) is 20.6 Å². The Labute approximate surface area is 92.6 Å². The summed E-state index contributed by atoms with van der Waals surface area (Å²) in [5.41, 5.74) is 7.30. The Kier molecular flexibility index (Phi) is 2.51. The average Bonchev–Trinajstić information content (AvgIpc) is 2.72. The van der Waals surface area contributed by atoms with Gasteiger partial charge in [-0.15, -0.1) is 0 Å². The molecule has 0 aromatic carbocycles. The molecule has 2 aromatic heterocycles.